The Morgan fingerprint density at radius 3 is 1.73 bits per heavy atom. The fraction of sp³-hybridized carbons (Fsp3) is 0.333. The molecule has 2 heterocycles. The number of alkyl halides is 2. The van der Waals surface area contributed by atoms with Gasteiger partial charge < -0.3 is 0 Å². The van der Waals surface area contributed by atoms with E-state index in [1.807, 2.05) is 33.9 Å². The second kappa shape index (κ2) is 4.94. The summed E-state index contributed by atoms with van der Waals surface area (Å²) >= 11 is 6.73. The number of hydrogen-bond acceptors (Lipinski definition) is 2. The minimum atomic E-state index is 0.653. The van der Waals surface area contributed by atoms with Crippen LogP contribution >= 0.6 is 31.9 Å². The minimum absolute atomic E-state index is 0.653. The SMILES string of the molecule is BrCc1ccn(Cn2ccc(CBr)n2)n1. The van der Waals surface area contributed by atoms with Gasteiger partial charge in [-0.1, -0.05) is 31.9 Å². The van der Waals surface area contributed by atoms with E-state index in [4.69, 9.17) is 0 Å². The Bertz CT molecular complexity index is 395. The Balaban J connectivity index is 2.07. The van der Waals surface area contributed by atoms with Crippen LogP contribution in [0.25, 0.3) is 0 Å². The lowest BCUT2D eigenvalue weighted by molar-refractivity contribution is 0.498. The Hall–Kier alpha value is -0.620. The molecule has 0 N–H and O–H groups in total. The second-order valence-electron chi connectivity index (χ2n) is 3.10. The molecule has 2 aromatic heterocycles. The molecular weight excluding hydrogens is 324 g/mol. The van der Waals surface area contributed by atoms with Crippen molar-refractivity contribution in [3.05, 3.63) is 35.9 Å². The van der Waals surface area contributed by atoms with Crippen molar-refractivity contribution in [3.63, 3.8) is 0 Å². The van der Waals surface area contributed by atoms with Crippen LogP contribution in [0.2, 0.25) is 0 Å². The molecule has 15 heavy (non-hydrogen) atoms. The molecule has 0 atom stereocenters. The highest BCUT2D eigenvalue weighted by atomic mass is 79.9. The number of aromatic nitrogens is 4. The van der Waals surface area contributed by atoms with Crippen molar-refractivity contribution in [2.45, 2.75) is 17.3 Å². The molecule has 0 aliphatic rings. The molecule has 0 unspecified atom stereocenters. The zero-order valence-electron chi connectivity index (χ0n) is 7.98. The van der Waals surface area contributed by atoms with Crippen molar-refractivity contribution in [2.24, 2.45) is 0 Å². The van der Waals surface area contributed by atoms with Gasteiger partial charge in [-0.15, -0.1) is 0 Å². The average Bonchev–Trinajstić information content (AvgIpc) is 2.87. The normalized spacial score (nSPS) is 10.8. The highest BCUT2D eigenvalue weighted by molar-refractivity contribution is 9.08. The molecule has 0 bridgehead atoms. The first-order valence-electron chi connectivity index (χ1n) is 4.48. The maximum Gasteiger partial charge on any atom is 0.133 e. The fourth-order valence-electron chi connectivity index (χ4n) is 1.26. The van der Waals surface area contributed by atoms with Crippen molar-refractivity contribution in [2.75, 3.05) is 0 Å². The van der Waals surface area contributed by atoms with E-state index in [2.05, 4.69) is 42.1 Å². The van der Waals surface area contributed by atoms with Crippen LogP contribution in [0.4, 0.5) is 0 Å². The fourth-order valence-corrected chi connectivity index (χ4v) is 1.85. The first kappa shape index (κ1) is 10.9. The summed E-state index contributed by atoms with van der Waals surface area (Å²) in [6.45, 7) is 0.653. The molecule has 2 aromatic rings. The predicted octanol–water partition coefficient (Wildman–Crippen LogP) is 2.38. The third kappa shape index (κ3) is 2.69. The average molecular weight is 334 g/mol. The van der Waals surface area contributed by atoms with Crippen LogP contribution in [-0.2, 0) is 17.3 Å². The van der Waals surface area contributed by atoms with Crippen LogP contribution in [-0.4, -0.2) is 19.6 Å². The lowest BCUT2D eigenvalue weighted by Gasteiger charge is -2.00. The first-order chi connectivity index (χ1) is 7.31. The summed E-state index contributed by atoms with van der Waals surface area (Å²) in [4.78, 5) is 0. The van der Waals surface area contributed by atoms with Crippen molar-refractivity contribution in [1.29, 1.82) is 0 Å². The first-order valence-corrected chi connectivity index (χ1v) is 6.72. The van der Waals surface area contributed by atoms with Crippen molar-refractivity contribution in [3.8, 4) is 0 Å². The van der Waals surface area contributed by atoms with E-state index >= 15 is 0 Å². The van der Waals surface area contributed by atoms with E-state index in [-0.39, 0.29) is 0 Å². The van der Waals surface area contributed by atoms with Gasteiger partial charge >= 0.3 is 0 Å². The van der Waals surface area contributed by atoms with Crippen molar-refractivity contribution >= 4 is 31.9 Å². The third-order valence-corrected chi connectivity index (χ3v) is 3.10. The quantitative estimate of drug-likeness (QED) is 0.805. The zero-order valence-corrected chi connectivity index (χ0v) is 11.1. The summed E-state index contributed by atoms with van der Waals surface area (Å²) in [7, 11) is 0. The van der Waals surface area contributed by atoms with E-state index in [9.17, 15) is 0 Å². The van der Waals surface area contributed by atoms with Gasteiger partial charge in [0.15, 0.2) is 0 Å². The maximum atomic E-state index is 4.36. The van der Waals surface area contributed by atoms with E-state index < -0.39 is 0 Å². The standard InChI is InChI=1S/C9H10Br2N4/c10-5-8-1-3-14(12-8)7-15-4-2-9(6-11)13-15/h1-4H,5-7H2. The Morgan fingerprint density at radius 1 is 0.933 bits per heavy atom. The van der Waals surface area contributed by atoms with Crippen LogP contribution in [0.1, 0.15) is 11.4 Å². The van der Waals surface area contributed by atoms with Gasteiger partial charge in [0.1, 0.15) is 6.67 Å². The molecule has 0 radical (unpaired) electrons. The molecule has 0 aliphatic carbocycles. The van der Waals surface area contributed by atoms with Gasteiger partial charge in [0.25, 0.3) is 0 Å². The summed E-state index contributed by atoms with van der Waals surface area (Å²) in [5.74, 6) is 0. The summed E-state index contributed by atoms with van der Waals surface area (Å²) in [6, 6.07) is 3.98. The minimum Gasteiger partial charge on any atom is -0.251 e. The van der Waals surface area contributed by atoms with E-state index in [0.717, 1.165) is 22.0 Å². The molecule has 0 amide bonds. The van der Waals surface area contributed by atoms with Crippen LogP contribution in [0.15, 0.2) is 24.5 Å². The van der Waals surface area contributed by atoms with Gasteiger partial charge in [-0.05, 0) is 12.1 Å². The van der Waals surface area contributed by atoms with Crippen LogP contribution in [0.5, 0.6) is 0 Å². The molecular formula is C9H10Br2N4. The van der Waals surface area contributed by atoms with Crippen LogP contribution in [0, 0.1) is 0 Å². The largest absolute Gasteiger partial charge is 0.251 e. The monoisotopic (exact) mass is 332 g/mol. The third-order valence-electron chi connectivity index (χ3n) is 1.96. The van der Waals surface area contributed by atoms with E-state index in [1.54, 1.807) is 0 Å². The maximum absolute atomic E-state index is 4.36. The smallest absolute Gasteiger partial charge is 0.133 e. The van der Waals surface area contributed by atoms with Gasteiger partial charge in [-0.3, -0.25) is 9.36 Å². The highest BCUT2D eigenvalue weighted by Gasteiger charge is 2.00. The van der Waals surface area contributed by atoms with Gasteiger partial charge in [-0.2, -0.15) is 10.2 Å². The van der Waals surface area contributed by atoms with Crippen LogP contribution < -0.4 is 0 Å². The van der Waals surface area contributed by atoms with Gasteiger partial charge in [0.2, 0.25) is 0 Å². The van der Waals surface area contributed by atoms with E-state index in [1.165, 1.54) is 0 Å². The zero-order chi connectivity index (χ0) is 10.7. The number of hydrogen-bond donors (Lipinski definition) is 0. The molecule has 0 saturated heterocycles. The van der Waals surface area contributed by atoms with Crippen molar-refractivity contribution in [1.82, 2.24) is 19.6 Å². The molecule has 6 heteroatoms. The summed E-state index contributed by atoms with van der Waals surface area (Å²) < 4.78 is 3.73. The lowest BCUT2D eigenvalue weighted by atomic mass is 10.5. The van der Waals surface area contributed by atoms with Gasteiger partial charge in [-0.25, -0.2) is 0 Å². The Kier molecular flexibility index (Phi) is 3.58. The molecule has 0 aliphatic heterocycles. The molecule has 0 saturated carbocycles. The highest BCUT2D eigenvalue weighted by Crippen LogP contribution is 2.04. The van der Waals surface area contributed by atoms with Crippen LogP contribution in [0.3, 0.4) is 0 Å². The Morgan fingerprint density at radius 2 is 1.40 bits per heavy atom. The molecule has 80 valence electrons. The molecule has 4 nitrogen and oxygen atoms in total. The topological polar surface area (TPSA) is 35.6 Å². The predicted molar refractivity (Wildman–Crippen MR) is 65.1 cm³/mol. The summed E-state index contributed by atoms with van der Waals surface area (Å²) in [6.07, 6.45) is 3.90. The molecule has 2 rings (SSSR count). The van der Waals surface area contributed by atoms with Crippen molar-refractivity contribution < 1.29 is 0 Å². The summed E-state index contributed by atoms with van der Waals surface area (Å²) in [5, 5.41) is 10.3. The Labute approximate surface area is 105 Å². The second-order valence-corrected chi connectivity index (χ2v) is 4.22. The number of rotatable bonds is 4. The molecule has 0 aromatic carbocycles. The van der Waals surface area contributed by atoms with Gasteiger partial charge in [0, 0.05) is 23.1 Å². The van der Waals surface area contributed by atoms with E-state index in [0.29, 0.717) is 6.67 Å². The summed E-state index contributed by atoms with van der Waals surface area (Å²) in [5.41, 5.74) is 2.06. The molecule has 0 fully saturated rings. The van der Waals surface area contributed by atoms with Gasteiger partial charge in [0.05, 0.1) is 11.4 Å². The lowest BCUT2D eigenvalue weighted by Crippen LogP contribution is -2.09. The molecule has 0 spiro atoms. The number of nitrogens with zero attached hydrogens (tertiary/aromatic N) is 4. The number of halogens is 2.